The lowest BCUT2D eigenvalue weighted by Gasteiger charge is -2.31. The van der Waals surface area contributed by atoms with Crippen molar-refractivity contribution in [1.82, 2.24) is 15.8 Å². The molecule has 2 N–H and O–H groups in total. The monoisotopic (exact) mass is 392 g/mol. The van der Waals surface area contributed by atoms with Crippen molar-refractivity contribution in [3.8, 4) is 0 Å². The summed E-state index contributed by atoms with van der Waals surface area (Å²) < 4.78 is 0. The van der Waals surface area contributed by atoms with Gasteiger partial charge in [0.05, 0.1) is 6.54 Å². The molecule has 2 aliphatic rings. The van der Waals surface area contributed by atoms with E-state index in [0.717, 1.165) is 30.1 Å². The Labute approximate surface area is 169 Å². The van der Waals surface area contributed by atoms with Crippen LogP contribution in [0.5, 0.6) is 0 Å². The maximum Gasteiger partial charge on any atom is 0.344 e. The molecule has 0 spiro atoms. The summed E-state index contributed by atoms with van der Waals surface area (Å²) in [5.74, 6) is -0.907. The second kappa shape index (κ2) is 7.24. The summed E-state index contributed by atoms with van der Waals surface area (Å²) in [5.41, 5.74) is 5.38. The van der Waals surface area contributed by atoms with Gasteiger partial charge in [0.1, 0.15) is 5.54 Å². The maximum atomic E-state index is 12.9. The third-order valence-electron chi connectivity index (χ3n) is 5.56. The summed E-state index contributed by atoms with van der Waals surface area (Å²) in [7, 11) is 0. The van der Waals surface area contributed by atoms with Crippen LogP contribution in [0.25, 0.3) is 0 Å². The SMILES string of the molecule is Cc1ccc2c(c1)CCCN2CC(=O)NN1C(=O)N[C@@](C)(c2ccccc2)C1=O. The number of benzene rings is 2. The number of aryl methyl sites for hydroxylation is 2. The van der Waals surface area contributed by atoms with Crippen LogP contribution in [-0.2, 0) is 21.5 Å². The van der Waals surface area contributed by atoms with Gasteiger partial charge in [-0.15, -0.1) is 0 Å². The lowest BCUT2D eigenvalue weighted by atomic mass is 9.92. The van der Waals surface area contributed by atoms with E-state index in [-0.39, 0.29) is 6.54 Å². The van der Waals surface area contributed by atoms with Gasteiger partial charge in [0.2, 0.25) is 0 Å². The van der Waals surface area contributed by atoms with Crippen molar-refractivity contribution >= 4 is 23.5 Å². The molecular weight excluding hydrogens is 368 g/mol. The van der Waals surface area contributed by atoms with Crippen molar-refractivity contribution in [3.05, 3.63) is 65.2 Å². The van der Waals surface area contributed by atoms with Crippen molar-refractivity contribution in [2.75, 3.05) is 18.0 Å². The van der Waals surface area contributed by atoms with Gasteiger partial charge in [0.15, 0.2) is 0 Å². The Hall–Kier alpha value is -3.35. The smallest absolute Gasteiger partial charge is 0.344 e. The molecule has 0 aliphatic carbocycles. The number of carbonyl (C=O) groups is 3. The molecule has 7 heteroatoms. The van der Waals surface area contributed by atoms with Crippen LogP contribution in [0, 0.1) is 6.92 Å². The van der Waals surface area contributed by atoms with Crippen LogP contribution >= 0.6 is 0 Å². The van der Waals surface area contributed by atoms with Gasteiger partial charge < -0.3 is 10.2 Å². The van der Waals surface area contributed by atoms with Gasteiger partial charge in [-0.25, -0.2) is 4.79 Å². The second-order valence-electron chi connectivity index (χ2n) is 7.75. The molecule has 29 heavy (non-hydrogen) atoms. The summed E-state index contributed by atoms with van der Waals surface area (Å²) in [5, 5.41) is 3.47. The largest absolute Gasteiger partial charge is 0.362 e. The molecule has 1 atom stereocenters. The minimum Gasteiger partial charge on any atom is -0.362 e. The minimum atomic E-state index is -1.21. The number of fused-ring (bicyclic) bond motifs is 1. The highest BCUT2D eigenvalue weighted by molar-refractivity contribution is 6.08. The van der Waals surface area contributed by atoms with Crippen LogP contribution in [0.1, 0.15) is 30.0 Å². The third-order valence-corrected chi connectivity index (χ3v) is 5.56. The predicted octanol–water partition coefficient (Wildman–Crippen LogP) is 2.25. The van der Waals surface area contributed by atoms with E-state index in [1.54, 1.807) is 31.2 Å². The maximum absolute atomic E-state index is 12.9. The molecule has 4 amide bonds. The number of hydrogen-bond donors (Lipinski definition) is 2. The summed E-state index contributed by atoms with van der Waals surface area (Å²) in [6, 6.07) is 14.5. The van der Waals surface area contributed by atoms with E-state index in [4.69, 9.17) is 0 Å². The molecule has 2 aromatic carbocycles. The van der Waals surface area contributed by atoms with Gasteiger partial charge in [-0.05, 0) is 43.9 Å². The molecule has 0 aromatic heterocycles. The van der Waals surface area contributed by atoms with Gasteiger partial charge in [-0.1, -0.05) is 48.0 Å². The third kappa shape index (κ3) is 3.44. The molecule has 2 heterocycles. The Morgan fingerprint density at radius 3 is 2.69 bits per heavy atom. The molecule has 2 aliphatic heterocycles. The summed E-state index contributed by atoms with van der Waals surface area (Å²) in [6.45, 7) is 4.52. The minimum absolute atomic E-state index is 0.0785. The zero-order valence-electron chi connectivity index (χ0n) is 16.6. The Kier molecular flexibility index (Phi) is 4.74. The number of nitrogens with zero attached hydrogens (tertiary/aromatic N) is 2. The summed E-state index contributed by atoms with van der Waals surface area (Å²) in [6.07, 6.45) is 1.94. The Balaban J connectivity index is 1.47. The van der Waals surface area contributed by atoms with Crippen molar-refractivity contribution < 1.29 is 14.4 Å². The lowest BCUT2D eigenvalue weighted by molar-refractivity contribution is -0.138. The van der Waals surface area contributed by atoms with Gasteiger partial charge in [-0.3, -0.25) is 15.0 Å². The summed E-state index contributed by atoms with van der Waals surface area (Å²) >= 11 is 0. The normalized spacial score (nSPS) is 21.0. The fourth-order valence-corrected chi connectivity index (χ4v) is 4.01. The molecule has 1 saturated heterocycles. The average Bonchev–Trinajstić information content (AvgIpc) is 2.92. The van der Waals surface area contributed by atoms with Crippen molar-refractivity contribution in [1.29, 1.82) is 0 Å². The highest BCUT2D eigenvalue weighted by atomic mass is 16.2. The highest BCUT2D eigenvalue weighted by Crippen LogP contribution is 2.29. The molecule has 0 bridgehead atoms. The van der Waals surface area contributed by atoms with Crippen molar-refractivity contribution in [3.63, 3.8) is 0 Å². The Bertz CT molecular complexity index is 975. The summed E-state index contributed by atoms with van der Waals surface area (Å²) in [4.78, 5) is 40.0. The van der Waals surface area contributed by atoms with Gasteiger partial charge in [0, 0.05) is 12.2 Å². The molecule has 0 radical (unpaired) electrons. The highest BCUT2D eigenvalue weighted by Gasteiger charge is 2.50. The van der Waals surface area contributed by atoms with E-state index < -0.39 is 23.4 Å². The standard InChI is InChI=1S/C22H24N4O3/c1-15-10-11-18-16(13-15)7-6-12-25(18)14-19(27)24-26-20(28)22(2,23-21(26)29)17-8-4-3-5-9-17/h3-5,8-11,13H,6-7,12,14H2,1-2H3,(H,23,29)(H,24,27)/t22-/m0/s1. The number of hydrogen-bond acceptors (Lipinski definition) is 4. The van der Waals surface area contributed by atoms with Crippen LogP contribution < -0.4 is 15.6 Å². The van der Waals surface area contributed by atoms with Gasteiger partial charge in [-0.2, -0.15) is 5.01 Å². The number of hydrazine groups is 1. The molecule has 1 fully saturated rings. The van der Waals surface area contributed by atoms with E-state index in [9.17, 15) is 14.4 Å². The van der Waals surface area contributed by atoms with Crippen molar-refractivity contribution in [2.45, 2.75) is 32.2 Å². The Morgan fingerprint density at radius 1 is 1.17 bits per heavy atom. The molecular formula is C22H24N4O3. The second-order valence-corrected chi connectivity index (χ2v) is 7.75. The van der Waals surface area contributed by atoms with Crippen LogP contribution in [0.4, 0.5) is 10.5 Å². The number of carbonyl (C=O) groups excluding carboxylic acids is 3. The van der Waals surface area contributed by atoms with E-state index in [1.807, 2.05) is 30.0 Å². The first-order chi connectivity index (χ1) is 13.9. The van der Waals surface area contributed by atoms with Crippen LogP contribution in [0.3, 0.4) is 0 Å². The fraction of sp³-hybridized carbons (Fsp3) is 0.318. The first-order valence-corrected chi connectivity index (χ1v) is 9.75. The number of nitrogens with one attached hydrogen (secondary N) is 2. The molecule has 2 aromatic rings. The van der Waals surface area contributed by atoms with Crippen molar-refractivity contribution in [2.24, 2.45) is 0 Å². The van der Waals surface area contributed by atoms with Crippen LogP contribution in [0.15, 0.2) is 48.5 Å². The predicted molar refractivity (Wildman–Crippen MR) is 109 cm³/mol. The van der Waals surface area contributed by atoms with E-state index in [0.29, 0.717) is 5.56 Å². The number of anilines is 1. The Morgan fingerprint density at radius 2 is 1.93 bits per heavy atom. The topological polar surface area (TPSA) is 81.8 Å². The van der Waals surface area contributed by atoms with Crippen LogP contribution in [-0.4, -0.2) is 35.9 Å². The number of urea groups is 1. The molecule has 0 saturated carbocycles. The number of rotatable bonds is 4. The molecule has 150 valence electrons. The zero-order valence-corrected chi connectivity index (χ0v) is 16.6. The first kappa shape index (κ1) is 19.0. The van der Waals surface area contributed by atoms with Crippen LogP contribution in [0.2, 0.25) is 0 Å². The van der Waals surface area contributed by atoms with Gasteiger partial charge in [0.25, 0.3) is 11.8 Å². The molecule has 7 nitrogen and oxygen atoms in total. The van der Waals surface area contributed by atoms with Gasteiger partial charge >= 0.3 is 6.03 Å². The average molecular weight is 392 g/mol. The molecule has 0 unspecified atom stereocenters. The van der Waals surface area contributed by atoms with E-state index >= 15 is 0 Å². The number of imide groups is 1. The zero-order chi connectivity index (χ0) is 20.6. The lowest BCUT2D eigenvalue weighted by Crippen LogP contribution is -2.51. The first-order valence-electron chi connectivity index (χ1n) is 9.75. The van der Waals surface area contributed by atoms with E-state index in [2.05, 4.69) is 16.8 Å². The quantitative estimate of drug-likeness (QED) is 0.782. The number of amides is 4. The van der Waals surface area contributed by atoms with E-state index in [1.165, 1.54) is 11.1 Å². The molecule has 4 rings (SSSR count). The fourth-order valence-electron chi connectivity index (χ4n) is 4.01.